The fraction of sp³-hybridized carbons (Fsp3) is 0.750. The lowest BCUT2D eigenvalue weighted by atomic mass is 9.97. The lowest BCUT2D eigenvalue weighted by molar-refractivity contribution is -0.196. The zero-order valence-electron chi connectivity index (χ0n) is 14.5. The quantitative estimate of drug-likeness (QED) is 0.912. The molecule has 1 aliphatic rings. The van der Waals surface area contributed by atoms with Crippen molar-refractivity contribution in [3.8, 4) is 0 Å². The average molecular weight is 346 g/mol. The monoisotopic (exact) mass is 346 g/mol. The van der Waals surface area contributed by atoms with Gasteiger partial charge in [0.2, 0.25) is 5.91 Å². The van der Waals surface area contributed by atoms with Gasteiger partial charge in [0.25, 0.3) is 0 Å². The molecule has 0 bridgehead atoms. The predicted molar refractivity (Wildman–Crippen MR) is 84.4 cm³/mol. The van der Waals surface area contributed by atoms with E-state index in [1.165, 1.54) is 6.92 Å². The highest BCUT2D eigenvalue weighted by atomic mass is 19.4. The number of amides is 1. The van der Waals surface area contributed by atoms with Gasteiger partial charge in [-0.2, -0.15) is 18.3 Å². The second-order valence-electron chi connectivity index (χ2n) is 6.70. The maximum Gasteiger partial charge on any atom is 0.408 e. The van der Waals surface area contributed by atoms with Gasteiger partial charge in [-0.3, -0.25) is 9.48 Å². The summed E-state index contributed by atoms with van der Waals surface area (Å²) in [6.45, 7) is 7.79. The van der Waals surface area contributed by atoms with Crippen LogP contribution in [0.5, 0.6) is 0 Å². The van der Waals surface area contributed by atoms with Crippen LogP contribution >= 0.6 is 0 Å². The first-order chi connectivity index (χ1) is 11.1. The molecule has 0 spiro atoms. The third kappa shape index (κ3) is 4.28. The van der Waals surface area contributed by atoms with Crippen molar-refractivity contribution < 1.29 is 18.0 Å². The van der Waals surface area contributed by atoms with Gasteiger partial charge in [-0.05, 0) is 33.6 Å². The number of carbonyl (C=O) groups is 1. The van der Waals surface area contributed by atoms with Crippen LogP contribution in [0.3, 0.4) is 0 Å². The number of halogens is 3. The summed E-state index contributed by atoms with van der Waals surface area (Å²) in [4.78, 5) is 12.5. The van der Waals surface area contributed by atoms with E-state index in [-0.39, 0.29) is 25.0 Å². The minimum Gasteiger partial charge on any atom is -0.329 e. The van der Waals surface area contributed by atoms with E-state index in [1.807, 2.05) is 31.6 Å². The SMILES string of the molecule is CC(=O)N1CC(NCc2cn(C(C)C)nc2C)CCC1C(F)(F)F. The number of likely N-dealkylation sites (tertiary alicyclic amines) is 1. The summed E-state index contributed by atoms with van der Waals surface area (Å²) in [7, 11) is 0. The first-order valence-electron chi connectivity index (χ1n) is 8.21. The Hall–Kier alpha value is -1.57. The number of hydrogen-bond donors (Lipinski definition) is 1. The second-order valence-corrected chi connectivity index (χ2v) is 6.70. The predicted octanol–water partition coefficient (Wildman–Crippen LogP) is 2.80. The van der Waals surface area contributed by atoms with Crippen molar-refractivity contribution in [3.05, 3.63) is 17.5 Å². The van der Waals surface area contributed by atoms with Gasteiger partial charge in [-0.15, -0.1) is 0 Å². The van der Waals surface area contributed by atoms with E-state index in [0.29, 0.717) is 13.0 Å². The van der Waals surface area contributed by atoms with Crippen LogP contribution in [0.4, 0.5) is 13.2 Å². The maximum absolute atomic E-state index is 13.0. The van der Waals surface area contributed by atoms with Gasteiger partial charge in [0.15, 0.2) is 0 Å². The molecule has 1 fully saturated rings. The van der Waals surface area contributed by atoms with Crippen LogP contribution in [-0.2, 0) is 11.3 Å². The minimum atomic E-state index is -4.37. The number of piperidine rings is 1. The molecule has 136 valence electrons. The highest BCUT2D eigenvalue weighted by Gasteiger charge is 2.47. The van der Waals surface area contributed by atoms with Crippen molar-refractivity contribution in [3.63, 3.8) is 0 Å². The Balaban J connectivity index is 1.98. The Kier molecular flexibility index (Phi) is 5.57. The Morgan fingerprint density at radius 1 is 1.42 bits per heavy atom. The summed E-state index contributed by atoms with van der Waals surface area (Å²) in [5, 5.41) is 7.70. The van der Waals surface area contributed by atoms with E-state index >= 15 is 0 Å². The largest absolute Gasteiger partial charge is 0.408 e. The number of carbonyl (C=O) groups excluding carboxylic acids is 1. The molecule has 24 heavy (non-hydrogen) atoms. The molecule has 1 amide bonds. The van der Waals surface area contributed by atoms with Crippen LogP contribution in [-0.4, -0.2) is 45.4 Å². The van der Waals surface area contributed by atoms with E-state index in [0.717, 1.165) is 16.2 Å². The maximum atomic E-state index is 13.0. The average Bonchev–Trinajstić information content (AvgIpc) is 2.85. The van der Waals surface area contributed by atoms with Crippen LogP contribution in [0.15, 0.2) is 6.20 Å². The van der Waals surface area contributed by atoms with Crippen LogP contribution in [0.1, 0.15) is 50.9 Å². The Bertz CT molecular complexity index is 582. The van der Waals surface area contributed by atoms with E-state index < -0.39 is 18.1 Å². The van der Waals surface area contributed by atoms with E-state index in [1.54, 1.807) is 0 Å². The third-order valence-electron chi connectivity index (χ3n) is 4.49. The number of nitrogens with zero attached hydrogens (tertiary/aromatic N) is 3. The number of hydrogen-bond acceptors (Lipinski definition) is 3. The zero-order valence-corrected chi connectivity index (χ0v) is 14.5. The van der Waals surface area contributed by atoms with Crippen molar-refractivity contribution >= 4 is 5.91 Å². The summed E-state index contributed by atoms with van der Waals surface area (Å²) in [6.07, 6.45) is -2.08. The molecule has 2 atom stereocenters. The van der Waals surface area contributed by atoms with Gasteiger partial charge >= 0.3 is 6.18 Å². The van der Waals surface area contributed by atoms with E-state index in [4.69, 9.17) is 0 Å². The van der Waals surface area contributed by atoms with Gasteiger partial charge in [0.05, 0.1) is 5.69 Å². The lowest BCUT2D eigenvalue weighted by Gasteiger charge is -2.40. The number of aromatic nitrogens is 2. The standard InChI is InChI=1S/C16H25F3N4O/c1-10(2)23-8-13(11(3)21-23)7-20-14-5-6-15(16(17,18)19)22(9-14)12(4)24/h8,10,14-15,20H,5-7,9H2,1-4H3. The van der Waals surface area contributed by atoms with Crippen molar-refractivity contribution in [2.75, 3.05) is 6.54 Å². The van der Waals surface area contributed by atoms with E-state index in [9.17, 15) is 18.0 Å². The minimum absolute atomic E-state index is 0.0645. The highest BCUT2D eigenvalue weighted by Crippen LogP contribution is 2.32. The summed E-state index contributed by atoms with van der Waals surface area (Å²) < 4.78 is 41.0. The molecule has 1 aromatic rings. The molecule has 0 aromatic carbocycles. The molecule has 2 heterocycles. The summed E-state index contributed by atoms with van der Waals surface area (Å²) in [5.41, 5.74) is 1.93. The molecule has 8 heteroatoms. The molecule has 5 nitrogen and oxygen atoms in total. The number of nitrogens with one attached hydrogen (secondary N) is 1. The fourth-order valence-corrected chi connectivity index (χ4v) is 3.04. The molecule has 2 unspecified atom stereocenters. The van der Waals surface area contributed by atoms with Crippen LogP contribution in [0.2, 0.25) is 0 Å². The molecule has 1 aromatic heterocycles. The van der Waals surface area contributed by atoms with E-state index in [2.05, 4.69) is 10.4 Å². The van der Waals surface area contributed by atoms with Gasteiger partial charge in [-0.25, -0.2) is 0 Å². The first-order valence-corrected chi connectivity index (χ1v) is 8.21. The normalized spacial score (nSPS) is 22.2. The summed E-state index contributed by atoms with van der Waals surface area (Å²) >= 11 is 0. The van der Waals surface area contributed by atoms with Crippen molar-refractivity contribution in [1.29, 1.82) is 0 Å². The Labute approximate surface area is 140 Å². The molecule has 2 rings (SSSR count). The molecule has 1 aliphatic heterocycles. The molecule has 0 aliphatic carbocycles. The Morgan fingerprint density at radius 3 is 2.58 bits per heavy atom. The molecular weight excluding hydrogens is 321 g/mol. The lowest BCUT2D eigenvalue weighted by Crippen LogP contribution is -2.57. The molecule has 0 saturated carbocycles. The summed E-state index contributed by atoms with van der Waals surface area (Å²) in [6, 6.07) is -1.55. The molecule has 0 radical (unpaired) electrons. The van der Waals surface area contributed by atoms with Crippen LogP contribution in [0, 0.1) is 6.92 Å². The molecular formula is C16H25F3N4O. The number of aryl methyl sites for hydroxylation is 1. The number of rotatable bonds is 4. The van der Waals surface area contributed by atoms with Crippen molar-refractivity contribution in [2.24, 2.45) is 0 Å². The van der Waals surface area contributed by atoms with Crippen LogP contribution < -0.4 is 5.32 Å². The third-order valence-corrected chi connectivity index (χ3v) is 4.49. The van der Waals surface area contributed by atoms with Crippen LogP contribution in [0.25, 0.3) is 0 Å². The van der Waals surface area contributed by atoms with Crippen molar-refractivity contribution in [1.82, 2.24) is 20.0 Å². The first kappa shape index (κ1) is 18.8. The second kappa shape index (κ2) is 7.13. The van der Waals surface area contributed by atoms with Crippen molar-refractivity contribution in [2.45, 2.75) is 71.4 Å². The summed E-state index contributed by atoms with van der Waals surface area (Å²) in [5.74, 6) is -0.535. The van der Waals surface area contributed by atoms with Gasteiger partial charge in [-0.1, -0.05) is 0 Å². The molecule has 1 N–H and O–H groups in total. The molecule has 1 saturated heterocycles. The zero-order chi connectivity index (χ0) is 18.1. The number of alkyl halides is 3. The van der Waals surface area contributed by atoms with Gasteiger partial charge in [0, 0.05) is 43.9 Å². The van der Waals surface area contributed by atoms with Gasteiger partial charge < -0.3 is 10.2 Å². The Morgan fingerprint density at radius 2 is 2.08 bits per heavy atom. The highest BCUT2D eigenvalue weighted by molar-refractivity contribution is 5.74. The smallest absolute Gasteiger partial charge is 0.329 e. The topological polar surface area (TPSA) is 50.2 Å². The fourth-order valence-electron chi connectivity index (χ4n) is 3.04. The van der Waals surface area contributed by atoms with Gasteiger partial charge in [0.1, 0.15) is 6.04 Å².